The minimum atomic E-state index is -0.599. The second kappa shape index (κ2) is 8.58. The van der Waals surface area contributed by atoms with Crippen molar-refractivity contribution in [3.8, 4) is 0 Å². The smallest absolute Gasteiger partial charge is 0.241 e. The molecule has 1 atom stereocenters. The molecule has 0 aromatic heterocycles. The van der Waals surface area contributed by atoms with Crippen LogP contribution >= 0.6 is 0 Å². The summed E-state index contributed by atoms with van der Waals surface area (Å²) in [5.41, 5.74) is 2.87. The van der Waals surface area contributed by atoms with E-state index in [4.69, 9.17) is 0 Å². The van der Waals surface area contributed by atoms with Gasteiger partial charge >= 0.3 is 0 Å². The van der Waals surface area contributed by atoms with E-state index in [1.54, 1.807) is 31.0 Å². The van der Waals surface area contributed by atoms with Crippen LogP contribution in [-0.4, -0.2) is 36.3 Å². The van der Waals surface area contributed by atoms with E-state index in [-0.39, 0.29) is 24.0 Å². The van der Waals surface area contributed by atoms with E-state index in [0.29, 0.717) is 0 Å². The molecule has 2 aromatic rings. The van der Waals surface area contributed by atoms with Gasteiger partial charge in [-0.3, -0.25) is 14.5 Å². The molecule has 0 saturated heterocycles. The Labute approximate surface area is 153 Å². The Morgan fingerprint density at radius 1 is 1.04 bits per heavy atom. The highest BCUT2D eigenvalue weighted by Crippen LogP contribution is 2.19. The number of hydrogen-bond donors (Lipinski definition) is 2. The van der Waals surface area contributed by atoms with Gasteiger partial charge in [-0.05, 0) is 51.1 Å². The predicted molar refractivity (Wildman–Crippen MR) is 102 cm³/mol. The molecule has 6 heteroatoms. The summed E-state index contributed by atoms with van der Waals surface area (Å²) in [5, 5.41) is 5.43. The lowest BCUT2D eigenvalue weighted by atomic mass is 10.1. The number of benzene rings is 2. The standard InChI is InChI=1S/C20H24FN3O2/c1-13-8-7-9-14(2)19(13)23-18(25)12-24(4)15(3)20(26)22-17-11-6-5-10-16(17)21/h5-11,15H,12H2,1-4H3,(H,22,26)(H,23,25). The number of likely N-dealkylation sites (N-methyl/N-ethyl adjacent to an activating group) is 1. The second-order valence-corrected chi connectivity index (χ2v) is 6.38. The van der Waals surface area contributed by atoms with E-state index in [1.807, 2.05) is 32.0 Å². The molecule has 0 radical (unpaired) electrons. The predicted octanol–water partition coefficient (Wildman–Crippen LogP) is 3.34. The molecule has 0 spiro atoms. The van der Waals surface area contributed by atoms with Gasteiger partial charge in [0.2, 0.25) is 11.8 Å². The molecule has 138 valence electrons. The van der Waals surface area contributed by atoms with Crippen molar-refractivity contribution in [3.05, 3.63) is 59.4 Å². The molecule has 26 heavy (non-hydrogen) atoms. The molecule has 5 nitrogen and oxygen atoms in total. The molecule has 0 saturated carbocycles. The summed E-state index contributed by atoms with van der Waals surface area (Å²) in [6, 6.07) is 11.2. The number of para-hydroxylation sites is 2. The summed E-state index contributed by atoms with van der Waals surface area (Å²) in [5.74, 6) is -1.09. The van der Waals surface area contributed by atoms with Crippen LogP contribution in [0, 0.1) is 19.7 Å². The number of carbonyl (C=O) groups is 2. The monoisotopic (exact) mass is 357 g/mol. The van der Waals surface area contributed by atoms with Gasteiger partial charge in [-0.2, -0.15) is 0 Å². The number of rotatable bonds is 6. The van der Waals surface area contributed by atoms with E-state index in [2.05, 4.69) is 10.6 Å². The first-order chi connectivity index (χ1) is 12.3. The number of carbonyl (C=O) groups excluding carboxylic acids is 2. The lowest BCUT2D eigenvalue weighted by Crippen LogP contribution is -2.43. The van der Waals surface area contributed by atoms with Crippen LogP contribution in [0.1, 0.15) is 18.1 Å². The van der Waals surface area contributed by atoms with Crippen LogP contribution in [0.4, 0.5) is 15.8 Å². The summed E-state index contributed by atoms with van der Waals surface area (Å²) >= 11 is 0. The number of aryl methyl sites for hydroxylation is 2. The van der Waals surface area contributed by atoms with Crippen LogP contribution in [0.25, 0.3) is 0 Å². The number of nitrogens with zero attached hydrogens (tertiary/aromatic N) is 1. The third-order valence-electron chi connectivity index (χ3n) is 4.31. The Hall–Kier alpha value is -2.73. The Morgan fingerprint density at radius 2 is 1.65 bits per heavy atom. The molecule has 2 N–H and O–H groups in total. The van der Waals surface area contributed by atoms with E-state index >= 15 is 0 Å². The van der Waals surface area contributed by atoms with Crippen molar-refractivity contribution in [1.29, 1.82) is 0 Å². The molecule has 0 aliphatic rings. The molecule has 2 rings (SSSR count). The molecule has 0 fully saturated rings. The van der Waals surface area contributed by atoms with Crippen molar-refractivity contribution < 1.29 is 14.0 Å². The van der Waals surface area contributed by atoms with Crippen molar-refractivity contribution in [2.24, 2.45) is 0 Å². The van der Waals surface area contributed by atoms with E-state index < -0.39 is 11.9 Å². The largest absolute Gasteiger partial charge is 0.324 e. The molecular formula is C20H24FN3O2. The van der Waals surface area contributed by atoms with Crippen LogP contribution in [-0.2, 0) is 9.59 Å². The zero-order valence-corrected chi connectivity index (χ0v) is 15.5. The molecule has 0 bridgehead atoms. The number of hydrogen-bond acceptors (Lipinski definition) is 3. The molecule has 2 aromatic carbocycles. The average Bonchev–Trinajstić information content (AvgIpc) is 2.59. The molecule has 0 aliphatic heterocycles. The van der Waals surface area contributed by atoms with E-state index in [9.17, 15) is 14.0 Å². The third-order valence-corrected chi connectivity index (χ3v) is 4.31. The maximum atomic E-state index is 13.7. The summed E-state index contributed by atoms with van der Waals surface area (Å²) in [7, 11) is 1.68. The van der Waals surface area contributed by atoms with E-state index in [0.717, 1.165) is 16.8 Å². The fourth-order valence-electron chi connectivity index (χ4n) is 2.55. The molecule has 1 unspecified atom stereocenters. The maximum Gasteiger partial charge on any atom is 0.241 e. The van der Waals surface area contributed by atoms with Crippen LogP contribution < -0.4 is 10.6 Å². The average molecular weight is 357 g/mol. The SMILES string of the molecule is Cc1cccc(C)c1NC(=O)CN(C)C(C)C(=O)Nc1ccccc1F. The summed E-state index contributed by atoms with van der Waals surface area (Å²) < 4.78 is 13.7. The van der Waals surface area contributed by atoms with Gasteiger partial charge in [0.1, 0.15) is 5.82 Å². The summed E-state index contributed by atoms with van der Waals surface area (Å²) in [4.78, 5) is 26.2. The lowest BCUT2D eigenvalue weighted by Gasteiger charge is -2.23. The number of nitrogens with one attached hydrogen (secondary N) is 2. The third kappa shape index (κ3) is 4.89. The lowest BCUT2D eigenvalue weighted by molar-refractivity contribution is -0.122. The highest BCUT2D eigenvalue weighted by atomic mass is 19.1. The quantitative estimate of drug-likeness (QED) is 0.834. The second-order valence-electron chi connectivity index (χ2n) is 6.38. The van der Waals surface area contributed by atoms with Gasteiger partial charge in [0.25, 0.3) is 0 Å². The fraction of sp³-hybridized carbons (Fsp3) is 0.300. The minimum Gasteiger partial charge on any atom is -0.324 e. The van der Waals surface area contributed by atoms with Crippen LogP contribution in [0.5, 0.6) is 0 Å². The zero-order valence-electron chi connectivity index (χ0n) is 15.5. The number of anilines is 2. The van der Waals surface area contributed by atoms with Crippen molar-refractivity contribution >= 4 is 23.2 Å². The first kappa shape index (κ1) is 19.6. The van der Waals surface area contributed by atoms with Gasteiger partial charge in [-0.15, -0.1) is 0 Å². The van der Waals surface area contributed by atoms with Gasteiger partial charge in [0.05, 0.1) is 18.3 Å². The number of halogens is 1. The Balaban J connectivity index is 1.95. The first-order valence-electron chi connectivity index (χ1n) is 8.41. The highest BCUT2D eigenvalue weighted by molar-refractivity contribution is 5.96. The molecule has 0 aliphatic carbocycles. The highest BCUT2D eigenvalue weighted by Gasteiger charge is 2.21. The van der Waals surface area contributed by atoms with Gasteiger partial charge in [0.15, 0.2) is 0 Å². The Morgan fingerprint density at radius 3 is 2.27 bits per heavy atom. The Bertz CT molecular complexity index is 787. The van der Waals surface area contributed by atoms with Crippen LogP contribution in [0.3, 0.4) is 0 Å². The van der Waals surface area contributed by atoms with Gasteiger partial charge in [-0.1, -0.05) is 30.3 Å². The summed E-state index contributed by atoms with van der Waals surface area (Å²) in [6.45, 7) is 5.57. The minimum absolute atomic E-state index is 0.0413. The van der Waals surface area contributed by atoms with Crippen molar-refractivity contribution in [2.45, 2.75) is 26.8 Å². The van der Waals surface area contributed by atoms with Crippen molar-refractivity contribution in [2.75, 3.05) is 24.2 Å². The molecule has 0 heterocycles. The van der Waals surface area contributed by atoms with Crippen LogP contribution in [0.15, 0.2) is 42.5 Å². The zero-order chi connectivity index (χ0) is 19.3. The van der Waals surface area contributed by atoms with Crippen molar-refractivity contribution in [1.82, 2.24) is 4.90 Å². The van der Waals surface area contributed by atoms with Gasteiger partial charge in [-0.25, -0.2) is 4.39 Å². The summed E-state index contributed by atoms with van der Waals surface area (Å²) in [6.07, 6.45) is 0. The molecule has 2 amide bonds. The fourth-order valence-corrected chi connectivity index (χ4v) is 2.55. The van der Waals surface area contributed by atoms with E-state index in [1.165, 1.54) is 12.1 Å². The van der Waals surface area contributed by atoms with Gasteiger partial charge in [0, 0.05) is 5.69 Å². The topological polar surface area (TPSA) is 61.4 Å². The Kier molecular flexibility index (Phi) is 6.46. The van der Waals surface area contributed by atoms with Gasteiger partial charge < -0.3 is 10.6 Å². The van der Waals surface area contributed by atoms with Crippen molar-refractivity contribution in [3.63, 3.8) is 0 Å². The maximum absolute atomic E-state index is 13.7. The first-order valence-corrected chi connectivity index (χ1v) is 8.41. The number of amides is 2. The molecular weight excluding hydrogens is 333 g/mol. The van der Waals surface area contributed by atoms with Crippen LogP contribution in [0.2, 0.25) is 0 Å². The normalized spacial score (nSPS) is 11.9.